The Labute approximate surface area is 137 Å². The molecule has 0 radical (unpaired) electrons. The lowest BCUT2D eigenvalue weighted by atomic mass is 10.0. The summed E-state index contributed by atoms with van der Waals surface area (Å²) in [7, 11) is 0. The number of thiophene rings is 1. The van der Waals surface area contributed by atoms with Crippen LogP contribution in [-0.2, 0) is 13.0 Å². The molecule has 2 rings (SSSR count). The number of carbonyl (C=O) groups is 1. The number of hydrogen-bond donors (Lipinski definition) is 1. The number of primary amides is 1. The topological polar surface area (TPSA) is 48.0 Å². The fourth-order valence-electron chi connectivity index (χ4n) is 2.97. The zero-order chi connectivity index (χ0) is 16.3. The quantitative estimate of drug-likeness (QED) is 0.795. The van der Waals surface area contributed by atoms with Crippen LogP contribution in [0.3, 0.4) is 0 Å². The van der Waals surface area contributed by atoms with Crippen molar-refractivity contribution in [3.05, 3.63) is 34.5 Å². The maximum Gasteiger partial charge on any atom is 0.251 e. The molecule has 120 valence electrons. The lowest BCUT2D eigenvalue weighted by molar-refractivity contribution is 0.1000. The van der Waals surface area contributed by atoms with Crippen molar-refractivity contribution in [2.75, 3.05) is 0 Å². The van der Waals surface area contributed by atoms with Gasteiger partial charge in [0.1, 0.15) is 0 Å². The number of aromatic nitrogens is 1. The molecular formula is C18H26N2OS. The van der Waals surface area contributed by atoms with Crippen LogP contribution in [0.5, 0.6) is 0 Å². The molecule has 0 saturated heterocycles. The van der Waals surface area contributed by atoms with Crippen molar-refractivity contribution in [3.63, 3.8) is 0 Å². The lowest BCUT2D eigenvalue weighted by Crippen LogP contribution is -2.13. The van der Waals surface area contributed by atoms with Crippen molar-refractivity contribution in [2.24, 2.45) is 11.7 Å². The zero-order valence-electron chi connectivity index (χ0n) is 14.0. The molecule has 3 nitrogen and oxygen atoms in total. The van der Waals surface area contributed by atoms with E-state index in [-0.39, 0.29) is 5.91 Å². The molecule has 0 atom stereocenters. The average Bonchev–Trinajstić information content (AvgIpc) is 3.04. The second-order valence-corrected chi connectivity index (χ2v) is 7.16. The van der Waals surface area contributed by atoms with E-state index in [1.165, 1.54) is 5.69 Å². The molecule has 0 aliphatic heterocycles. The Kier molecular flexibility index (Phi) is 5.46. The van der Waals surface area contributed by atoms with Crippen LogP contribution in [0.25, 0.3) is 10.4 Å². The van der Waals surface area contributed by atoms with Crippen LogP contribution in [0.4, 0.5) is 0 Å². The van der Waals surface area contributed by atoms with Gasteiger partial charge in [-0.25, -0.2) is 0 Å². The lowest BCUT2D eigenvalue weighted by Gasteiger charge is -2.13. The number of rotatable bonds is 7. The summed E-state index contributed by atoms with van der Waals surface area (Å²) < 4.78 is 2.32. The van der Waals surface area contributed by atoms with Crippen LogP contribution in [0.1, 0.15) is 55.4 Å². The molecule has 0 spiro atoms. The number of amides is 1. The number of nitrogens with zero attached hydrogens (tertiary/aromatic N) is 1. The van der Waals surface area contributed by atoms with Gasteiger partial charge < -0.3 is 10.3 Å². The molecule has 2 N–H and O–H groups in total. The highest BCUT2D eigenvalue weighted by molar-refractivity contribution is 7.13. The standard InChI is InChI=1S/C18H26N2OS/c1-5-7-14-17(15-8-6-11-22-15)16(18(19)21)13(4)20(14)10-9-12(2)3/h6,8,11-12H,5,7,9-10H2,1-4H3,(H2,19,21). The summed E-state index contributed by atoms with van der Waals surface area (Å²) in [5.74, 6) is 0.319. The van der Waals surface area contributed by atoms with Crippen LogP contribution in [0.15, 0.2) is 17.5 Å². The van der Waals surface area contributed by atoms with Crippen molar-refractivity contribution in [1.29, 1.82) is 0 Å². The summed E-state index contributed by atoms with van der Waals surface area (Å²) in [6, 6.07) is 4.11. The molecule has 0 bridgehead atoms. The van der Waals surface area contributed by atoms with Gasteiger partial charge in [-0.15, -0.1) is 11.3 Å². The highest BCUT2D eigenvalue weighted by Gasteiger charge is 2.24. The molecule has 2 aromatic heterocycles. The van der Waals surface area contributed by atoms with Gasteiger partial charge in [-0.1, -0.05) is 33.3 Å². The van der Waals surface area contributed by atoms with E-state index in [1.807, 2.05) is 13.0 Å². The van der Waals surface area contributed by atoms with Crippen LogP contribution in [0.2, 0.25) is 0 Å². The first kappa shape index (κ1) is 16.8. The van der Waals surface area contributed by atoms with Gasteiger partial charge in [0.2, 0.25) is 0 Å². The fourth-order valence-corrected chi connectivity index (χ4v) is 3.77. The largest absolute Gasteiger partial charge is 0.366 e. The Bertz CT molecular complexity index is 639. The summed E-state index contributed by atoms with van der Waals surface area (Å²) in [5.41, 5.74) is 9.75. The molecule has 22 heavy (non-hydrogen) atoms. The molecule has 2 heterocycles. The Hall–Kier alpha value is -1.55. The second-order valence-electron chi connectivity index (χ2n) is 6.21. The summed E-state index contributed by atoms with van der Waals surface area (Å²) >= 11 is 1.67. The predicted molar refractivity (Wildman–Crippen MR) is 94.4 cm³/mol. The van der Waals surface area contributed by atoms with Crippen molar-refractivity contribution >= 4 is 17.2 Å². The SMILES string of the molecule is CCCc1c(-c2cccs2)c(C(N)=O)c(C)n1CCC(C)C. The molecule has 0 aliphatic carbocycles. The van der Waals surface area contributed by atoms with E-state index < -0.39 is 0 Å². The first-order chi connectivity index (χ1) is 10.5. The maximum absolute atomic E-state index is 12.1. The third kappa shape index (κ3) is 3.27. The van der Waals surface area contributed by atoms with Gasteiger partial charge in [0.15, 0.2) is 0 Å². The highest BCUT2D eigenvalue weighted by atomic mass is 32.1. The summed E-state index contributed by atoms with van der Waals surface area (Å²) in [5, 5.41) is 2.05. The first-order valence-electron chi connectivity index (χ1n) is 8.03. The molecule has 0 aromatic carbocycles. The van der Waals surface area contributed by atoms with Crippen molar-refractivity contribution < 1.29 is 4.79 Å². The van der Waals surface area contributed by atoms with Gasteiger partial charge in [0.05, 0.1) is 5.56 Å². The minimum Gasteiger partial charge on any atom is -0.366 e. The zero-order valence-corrected chi connectivity index (χ0v) is 14.8. The first-order valence-corrected chi connectivity index (χ1v) is 8.90. The second kappa shape index (κ2) is 7.14. The molecule has 0 saturated carbocycles. The van der Waals surface area contributed by atoms with Crippen molar-refractivity contribution in [1.82, 2.24) is 4.57 Å². The third-order valence-corrected chi connectivity index (χ3v) is 4.95. The van der Waals surface area contributed by atoms with Crippen LogP contribution in [-0.4, -0.2) is 10.5 Å². The van der Waals surface area contributed by atoms with E-state index in [9.17, 15) is 4.79 Å². The summed E-state index contributed by atoms with van der Waals surface area (Å²) in [6.45, 7) is 9.61. The van der Waals surface area contributed by atoms with Gasteiger partial charge in [0, 0.05) is 28.4 Å². The Morgan fingerprint density at radius 2 is 2.14 bits per heavy atom. The molecule has 0 unspecified atom stereocenters. The van der Waals surface area contributed by atoms with Crippen LogP contribution < -0.4 is 5.73 Å². The smallest absolute Gasteiger partial charge is 0.251 e. The minimum absolute atomic E-state index is 0.318. The fraction of sp³-hybridized carbons (Fsp3) is 0.500. The van der Waals surface area contributed by atoms with Gasteiger partial charge in [-0.2, -0.15) is 0 Å². The van der Waals surface area contributed by atoms with Gasteiger partial charge >= 0.3 is 0 Å². The maximum atomic E-state index is 12.1. The molecule has 2 aromatic rings. The Morgan fingerprint density at radius 1 is 1.41 bits per heavy atom. The van der Waals surface area contributed by atoms with E-state index in [4.69, 9.17) is 5.73 Å². The molecule has 4 heteroatoms. The van der Waals surface area contributed by atoms with E-state index >= 15 is 0 Å². The predicted octanol–water partition coefficient (Wildman–Crippen LogP) is 4.62. The number of hydrogen-bond acceptors (Lipinski definition) is 2. The third-order valence-electron chi connectivity index (χ3n) is 4.06. The van der Waals surface area contributed by atoms with Crippen LogP contribution >= 0.6 is 11.3 Å². The molecule has 0 aliphatic rings. The van der Waals surface area contributed by atoms with Gasteiger partial charge in [-0.05, 0) is 37.1 Å². The summed E-state index contributed by atoms with van der Waals surface area (Å²) in [4.78, 5) is 13.2. The molecule has 1 amide bonds. The Morgan fingerprint density at radius 3 is 2.64 bits per heavy atom. The van der Waals surface area contributed by atoms with Gasteiger partial charge in [-0.3, -0.25) is 4.79 Å². The Balaban J connectivity index is 2.63. The number of nitrogens with two attached hydrogens (primary N) is 1. The van der Waals surface area contributed by atoms with Gasteiger partial charge in [0.25, 0.3) is 5.91 Å². The molecule has 0 fully saturated rings. The van der Waals surface area contributed by atoms with E-state index in [2.05, 4.69) is 36.8 Å². The van der Waals surface area contributed by atoms with Crippen LogP contribution in [0, 0.1) is 12.8 Å². The normalized spacial score (nSPS) is 11.3. The van der Waals surface area contributed by atoms with Crippen molar-refractivity contribution in [3.8, 4) is 10.4 Å². The monoisotopic (exact) mass is 318 g/mol. The molecular weight excluding hydrogens is 292 g/mol. The van der Waals surface area contributed by atoms with E-state index in [0.717, 1.165) is 41.9 Å². The number of carbonyl (C=O) groups excluding carboxylic acids is 1. The van der Waals surface area contributed by atoms with E-state index in [0.29, 0.717) is 11.5 Å². The summed E-state index contributed by atoms with van der Waals surface area (Å²) in [6.07, 6.45) is 3.13. The highest BCUT2D eigenvalue weighted by Crippen LogP contribution is 2.36. The average molecular weight is 318 g/mol. The minimum atomic E-state index is -0.318. The van der Waals surface area contributed by atoms with Crippen molar-refractivity contribution in [2.45, 2.75) is 53.5 Å². The van der Waals surface area contributed by atoms with E-state index in [1.54, 1.807) is 11.3 Å².